The minimum atomic E-state index is -0.0454. The summed E-state index contributed by atoms with van der Waals surface area (Å²) in [5.41, 5.74) is 8.25. The van der Waals surface area contributed by atoms with Crippen molar-refractivity contribution in [2.45, 2.75) is 19.4 Å². The van der Waals surface area contributed by atoms with E-state index >= 15 is 0 Å². The molecule has 0 bridgehead atoms. The van der Waals surface area contributed by atoms with E-state index in [9.17, 15) is 0 Å². The highest BCUT2D eigenvalue weighted by molar-refractivity contribution is 6.30. The maximum atomic E-state index is 6.09. The zero-order valence-corrected chi connectivity index (χ0v) is 9.87. The molecular formula is C13H14ClNO. The molecule has 2 aromatic rings. The minimum absolute atomic E-state index is 0.0454. The first-order valence-electron chi connectivity index (χ1n) is 5.20. The van der Waals surface area contributed by atoms with Crippen LogP contribution in [0.15, 0.2) is 41.0 Å². The molecule has 0 aliphatic rings. The van der Waals surface area contributed by atoms with Crippen molar-refractivity contribution in [3.63, 3.8) is 0 Å². The first kappa shape index (κ1) is 11.2. The largest absolute Gasteiger partial charge is 0.469 e. The number of rotatable bonds is 3. The van der Waals surface area contributed by atoms with Crippen LogP contribution in [-0.4, -0.2) is 0 Å². The van der Waals surface area contributed by atoms with Crippen LogP contribution < -0.4 is 5.73 Å². The Balaban J connectivity index is 2.10. The van der Waals surface area contributed by atoms with Gasteiger partial charge in [0.2, 0.25) is 0 Å². The van der Waals surface area contributed by atoms with E-state index in [1.807, 2.05) is 37.3 Å². The molecule has 1 aromatic carbocycles. The predicted molar refractivity (Wildman–Crippen MR) is 65.5 cm³/mol. The molecule has 0 spiro atoms. The second-order valence-electron chi connectivity index (χ2n) is 3.93. The van der Waals surface area contributed by atoms with Crippen LogP contribution in [0.1, 0.15) is 22.9 Å². The Labute approximate surface area is 100 Å². The Bertz CT molecular complexity index is 478. The molecule has 1 atom stereocenters. The number of benzene rings is 1. The lowest BCUT2D eigenvalue weighted by Gasteiger charge is -2.09. The quantitative estimate of drug-likeness (QED) is 0.885. The van der Waals surface area contributed by atoms with Crippen LogP contribution in [0.5, 0.6) is 0 Å². The summed E-state index contributed by atoms with van der Waals surface area (Å²) in [6.07, 6.45) is 2.48. The van der Waals surface area contributed by atoms with Crippen molar-refractivity contribution in [1.82, 2.24) is 0 Å². The maximum absolute atomic E-state index is 6.09. The van der Waals surface area contributed by atoms with Gasteiger partial charge in [0.1, 0.15) is 5.76 Å². The monoisotopic (exact) mass is 235 g/mol. The van der Waals surface area contributed by atoms with E-state index in [1.54, 1.807) is 6.26 Å². The summed E-state index contributed by atoms with van der Waals surface area (Å²) in [6, 6.07) is 9.68. The standard InChI is InChI=1S/C13H14ClNO/c1-9-5-11(8-16-9)13(15)7-10-3-2-4-12(14)6-10/h2-6,8,13H,7,15H2,1H3. The van der Waals surface area contributed by atoms with Gasteiger partial charge in [0.05, 0.1) is 6.26 Å². The summed E-state index contributed by atoms with van der Waals surface area (Å²) >= 11 is 5.92. The number of furan rings is 1. The molecule has 0 saturated heterocycles. The molecule has 2 rings (SSSR count). The third-order valence-corrected chi connectivity index (χ3v) is 2.76. The Hall–Kier alpha value is -1.25. The van der Waals surface area contributed by atoms with Gasteiger partial charge in [-0.2, -0.15) is 0 Å². The zero-order valence-electron chi connectivity index (χ0n) is 9.11. The molecule has 1 heterocycles. The molecular weight excluding hydrogens is 222 g/mol. The summed E-state index contributed by atoms with van der Waals surface area (Å²) in [4.78, 5) is 0. The van der Waals surface area contributed by atoms with E-state index in [-0.39, 0.29) is 6.04 Å². The Morgan fingerprint density at radius 3 is 2.81 bits per heavy atom. The molecule has 3 heteroatoms. The van der Waals surface area contributed by atoms with E-state index in [1.165, 1.54) is 0 Å². The molecule has 16 heavy (non-hydrogen) atoms. The van der Waals surface area contributed by atoms with Gasteiger partial charge in [-0.05, 0) is 37.1 Å². The molecule has 84 valence electrons. The van der Waals surface area contributed by atoms with Crippen molar-refractivity contribution in [3.8, 4) is 0 Å². The number of nitrogens with two attached hydrogens (primary N) is 1. The molecule has 1 unspecified atom stereocenters. The van der Waals surface area contributed by atoms with Gasteiger partial charge in [-0.25, -0.2) is 0 Å². The highest BCUT2D eigenvalue weighted by atomic mass is 35.5. The number of hydrogen-bond donors (Lipinski definition) is 1. The van der Waals surface area contributed by atoms with E-state index in [0.717, 1.165) is 28.3 Å². The fraction of sp³-hybridized carbons (Fsp3) is 0.231. The normalized spacial score (nSPS) is 12.7. The maximum Gasteiger partial charge on any atom is 0.101 e. The van der Waals surface area contributed by atoms with Crippen LogP contribution in [0.2, 0.25) is 5.02 Å². The molecule has 0 saturated carbocycles. The first-order chi connectivity index (χ1) is 7.65. The van der Waals surface area contributed by atoms with Gasteiger partial charge in [0, 0.05) is 16.6 Å². The lowest BCUT2D eigenvalue weighted by Crippen LogP contribution is -2.12. The molecule has 0 amide bonds. The SMILES string of the molecule is Cc1cc(C(N)Cc2cccc(Cl)c2)co1. The molecule has 2 nitrogen and oxygen atoms in total. The third kappa shape index (κ3) is 2.65. The molecule has 0 aliphatic carbocycles. The average Bonchev–Trinajstić information content (AvgIpc) is 2.65. The third-order valence-electron chi connectivity index (χ3n) is 2.52. The van der Waals surface area contributed by atoms with E-state index in [4.69, 9.17) is 21.8 Å². The Kier molecular flexibility index (Phi) is 3.32. The van der Waals surface area contributed by atoms with Crippen LogP contribution >= 0.6 is 11.6 Å². The summed E-state index contributed by atoms with van der Waals surface area (Å²) in [7, 11) is 0. The highest BCUT2D eigenvalue weighted by Gasteiger charge is 2.09. The van der Waals surface area contributed by atoms with Crippen LogP contribution in [0, 0.1) is 6.92 Å². The van der Waals surface area contributed by atoms with Gasteiger partial charge >= 0.3 is 0 Å². The zero-order chi connectivity index (χ0) is 11.5. The molecule has 0 radical (unpaired) electrons. The van der Waals surface area contributed by atoms with E-state index in [2.05, 4.69) is 0 Å². The van der Waals surface area contributed by atoms with Crippen LogP contribution in [-0.2, 0) is 6.42 Å². The second kappa shape index (κ2) is 4.73. The Morgan fingerprint density at radius 1 is 1.38 bits per heavy atom. The summed E-state index contributed by atoms with van der Waals surface area (Å²) in [5.74, 6) is 0.886. The van der Waals surface area contributed by atoms with Gasteiger partial charge < -0.3 is 10.2 Å². The fourth-order valence-electron chi connectivity index (χ4n) is 1.69. The smallest absolute Gasteiger partial charge is 0.101 e. The van der Waals surface area contributed by atoms with Crippen molar-refractivity contribution in [3.05, 3.63) is 58.5 Å². The molecule has 0 fully saturated rings. The number of hydrogen-bond acceptors (Lipinski definition) is 2. The van der Waals surface area contributed by atoms with Crippen LogP contribution in [0.4, 0.5) is 0 Å². The fourth-order valence-corrected chi connectivity index (χ4v) is 1.91. The second-order valence-corrected chi connectivity index (χ2v) is 4.37. The van der Waals surface area contributed by atoms with Gasteiger partial charge in [0.15, 0.2) is 0 Å². The summed E-state index contributed by atoms with van der Waals surface area (Å²) in [5, 5.41) is 0.744. The summed E-state index contributed by atoms with van der Waals surface area (Å²) in [6.45, 7) is 1.91. The topological polar surface area (TPSA) is 39.2 Å². The molecule has 2 N–H and O–H groups in total. The lowest BCUT2D eigenvalue weighted by atomic mass is 10.0. The predicted octanol–water partition coefficient (Wildman–Crippen LogP) is 3.48. The van der Waals surface area contributed by atoms with Gasteiger partial charge in [-0.15, -0.1) is 0 Å². The van der Waals surface area contributed by atoms with Crippen molar-refractivity contribution in [2.24, 2.45) is 5.73 Å². The minimum Gasteiger partial charge on any atom is -0.469 e. The average molecular weight is 236 g/mol. The van der Waals surface area contributed by atoms with Crippen molar-refractivity contribution >= 4 is 11.6 Å². The van der Waals surface area contributed by atoms with E-state index < -0.39 is 0 Å². The van der Waals surface area contributed by atoms with E-state index in [0.29, 0.717) is 0 Å². The van der Waals surface area contributed by atoms with Crippen LogP contribution in [0.3, 0.4) is 0 Å². The van der Waals surface area contributed by atoms with Crippen molar-refractivity contribution < 1.29 is 4.42 Å². The molecule has 1 aromatic heterocycles. The van der Waals surface area contributed by atoms with Gasteiger partial charge in [-0.3, -0.25) is 0 Å². The summed E-state index contributed by atoms with van der Waals surface area (Å²) < 4.78 is 5.24. The lowest BCUT2D eigenvalue weighted by molar-refractivity contribution is 0.528. The number of aryl methyl sites for hydroxylation is 1. The van der Waals surface area contributed by atoms with Crippen molar-refractivity contribution in [2.75, 3.05) is 0 Å². The molecule has 0 aliphatic heterocycles. The van der Waals surface area contributed by atoms with Gasteiger partial charge in [-0.1, -0.05) is 23.7 Å². The van der Waals surface area contributed by atoms with Crippen LogP contribution in [0.25, 0.3) is 0 Å². The number of halogens is 1. The Morgan fingerprint density at radius 2 is 2.19 bits per heavy atom. The first-order valence-corrected chi connectivity index (χ1v) is 5.58. The van der Waals surface area contributed by atoms with Crippen molar-refractivity contribution in [1.29, 1.82) is 0 Å². The highest BCUT2D eigenvalue weighted by Crippen LogP contribution is 2.20. The van der Waals surface area contributed by atoms with Gasteiger partial charge in [0.25, 0.3) is 0 Å².